The Morgan fingerprint density at radius 1 is 1.19 bits per heavy atom. The maximum Gasteiger partial charge on any atom is 0.316 e. The molecule has 1 aromatic carbocycles. The lowest BCUT2D eigenvalue weighted by Crippen LogP contribution is -2.41. The number of carbonyl (C=O) groups excluding carboxylic acids is 2. The molecule has 0 spiro atoms. The fraction of sp³-hybridized carbons (Fsp3) is 0.429. The highest BCUT2D eigenvalue weighted by Crippen LogP contribution is 2.18. The van der Waals surface area contributed by atoms with Gasteiger partial charge in [0, 0.05) is 17.4 Å². The van der Waals surface area contributed by atoms with Crippen molar-refractivity contribution in [3.05, 3.63) is 24.3 Å². The Labute approximate surface area is 123 Å². The number of likely N-dealkylation sites (N-methyl/N-ethyl adjacent to an activating group) is 1. The summed E-state index contributed by atoms with van der Waals surface area (Å²) in [7, 11) is 0. The molecule has 2 atom stereocenters. The van der Waals surface area contributed by atoms with Crippen molar-refractivity contribution in [2.45, 2.75) is 13.0 Å². The molecule has 7 nitrogen and oxygen atoms in total. The number of benzene rings is 1. The number of urea groups is 1. The molecule has 0 radical (unpaired) electrons. The van der Waals surface area contributed by atoms with E-state index in [1.165, 1.54) is 0 Å². The Hall–Kier alpha value is -2.12. The molecule has 1 aliphatic heterocycles. The lowest BCUT2D eigenvalue weighted by molar-refractivity contribution is -0.120. The zero-order chi connectivity index (χ0) is 15.2. The molecule has 1 saturated heterocycles. The van der Waals surface area contributed by atoms with Crippen molar-refractivity contribution >= 4 is 23.3 Å². The highest BCUT2D eigenvalue weighted by atomic mass is 16.5. The van der Waals surface area contributed by atoms with Crippen molar-refractivity contribution in [2.75, 3.05) is 30.4 Å². The molecule has 5 N–H and O–H groups in total. The summed E-state index contributed by atoms with van der Waals surface area (Å²) in [6.07, 6.45) is 0. The second kappa shape index (κ2) is 7.05. The smallest absolute Gasteiger partial charge is 0.316 e. The van der Waals surface area contributed by atoms with Gasteiger partial charge in [-0.1, -0.05) is 6.92 Å². The molecule has 7 heteroatoms. The van der Waals surface area contributed by atoms with E-state index in [-0.39, 0.29) is 17.9 Å². The summed E-state index contributed by atoms with van der Waals surface area (Å²) >= 11 is 0. The van der Waals surface area contributed by atoms with Gasteiger partial charge in [-0.25, -0.2) is 4.79 Å². The van der Waals surface area contributed by atoms with Crippen molar-refractivity contribution in [1.29, 1.82) is 0 Å². The first-order chi connectivity index (χ1) is 10.1. The van der Waals surface area contributed by atoms with Gasteiger partial charge in [0.1, 0.15) is 0 Å². The van der Waals surface area contributed by atoms with Crippen molar-refractivity contribution in [3.63, 3.8) is 0 Å². The molecule has 1 aromatic rings. The van der Waals surface area contributed by atoms with Crippen molar-refractivity contribution in [1.82, 2.24) is 5.32 Å². The summed E-state index contributed by atoms with van der Waals surface area (Å²) in [6, 6.07) is 6.19. The van der Waals surface area contributed by atoms with Crippen LogP contribution in [-0.4, -0.2) is 37.7 Å². The number of hydrogen-bond donors (Lipinski definition) is 4. The maximum atomic E-state index is 12.2. The quantitative estimate of drug-likeness (QED) is 0.642. The Balaban J connectivity index is 1.94. The summed E-state index contributed by atoms with van der Waals surface area (Å²) in [5, 5.41) is 8.55. The SMILES string of the molecule is CCNC1COCC1C(=O)Nc1ccc(NC(N)=O)cc1. The number of ether oxygens (including phenoxy) is 1. The minimum atomic E-state index is -0.622. The fourth-order valence-corrected chi connectivity index (χ4v) is 2.29. The van der Waals surface area contributed by atoms with E-state index in [1.807, 2.05) is 6.92 Å². The fourth-order valence-electron chi connectivity index (χ4n) is 2.29. The first-order valence-corrected chi connectivity index (χ1v) is 6.88. The number of hydrogen-bond acceptors (Lipinski definition) is 4. The van der Waals surface area contributed by atoms with Crippen LogP contribution in [0.4, 0.5) is 16.2 Å². The van der Waals surface area contributed by atoms with Crippen LogP contribution in [0.3, 0.4) is 0 Å². The molecule has 3 amide bonds. The first kappa shape index (κ1) is 15.3. The predicted molar refractivity (Wildman–Crippen MR) is 80.1 cm³/mol. The summed E-state index contributed by atoms with van der Waals surface area (Å²) in [5.74, 6) is -0.276. The van der Waals surface area contributed by atoms with Gasteiger partial charge in [0.05, 0.1) is 19.1 Å². The van der Waals surface area contributed by atoms with E-state index >= 15 is 0 Å². The second-order valence-electron chi connectivity index (χ2n) is 4.86. The number of carbonyl (C=O) groups is 2. The van der Waals surface area contributed by atoms with Crippen LogP contribution >= 0.6 is 0 Å². The lowest BCUT2D eigenvalue weighted by atomic mass is 10.0. The van der Waals surface area contributed by atoms with E-state index in [2.05, 4.69) is 16.0 Å². The number of nitrogens with one attached hydrogen (secondary N) is 3. The van der Waals surface area contributed by atoms with Gasteiger partial charge in [-0.15, -0.1) is 0 Å². The molecule has 0 aromatic heterocycles. The molecule has 0 bridgehead atoms. The molecule has 0 aliphatic carbocycles. The van der Waals surface area contributed by atoms with Gasteiger partial charge in [-0.05, 0) is 30.8 Å². The van der Waals surface area contributed by atoms with Gasteiger partial charge >= 0.3 is 6.03 Å². The standard InChI is InChI=1S/C14H20N4O3/c1-2-16-12-8-21-7-11(12)13(19)17-9-3-5-10(6-4-9)18-14(15)20/h3-6,11-12,16H,2,7-8H2,1H3,(H,17,19)(H3,15,18,20). The van der Waals surface area contributed by atoms with Crippen molar-refractivity contribution < 1.29 is 14.3 Å². The summed E-state index contributed by atoms with van der Waals surface area (Å²) in [6.45, 7) is 3.77. The normalized spacial score (nSPS) is 21.0. The third-order valence-corrected chi connectivity index (χ3v) is 3.30. The van der Waals surface area contributed by atoms with Crippen LogP contribution in [0.2, 0.25) is 0 Å². The predicted octanol–water partition coefficient (Wildman–Crippen LogP) is 0.740. The van der Waals surface area contributed by atoms with Crippen LogP contribution in [-0.2, 0) is 9.53 Å². The van der Waals surface area contributed by atoms with Gasteiger partial charge in [-0.3, -0.25) is 4.79 Å². The Kier molecular flexibility index (Phi) is 5.13. The maximum absolute atomic E-state index is 12.2. The third-order valence-electron chi connectivity index (χ3n) is 3.30. The van der Waals surface area contributed by atoms with E-state index in [1.54, 1.807) is 24.3 Å². The minimum absolute atomic E-state index is 0.0470. The van der Waals surface area contributed by atoms with Crippen LogP contribution in [0.1, 0.15) is 6.92 Å². The number of nitrogens with two attached hydrogens (primary N) is 1. The van der Waals surface area contributed by atoms with E-state index in [0.29, 0.717) is 24.6 Å². The van der Waals surface area contributed by atoms with Crippen molar-refractivity contribution in [3.8, 4) is 0 Å². The Morgan fingerprint density at radius 3 is 2.38 bits per heavy atom. The number of primary amides is 1. The summed E-state index contributed by atoms with van der Waals surface area (Å²) < 4.78 is 5.36. The van der Waals surface area contributed by atoms with Gasteiger partial charge in [0.25, 0.3) is 0 Å². The lowest BCUT2D eigenvalue weighted by Gasteiger charge is -2.17. The van der Waals surface area contributed by atoms with Crippen LogP contribution in [0.15, 0.2) is 24.3 Å². The number of anilines is 2. The number of rotatable bonds is 5. The molecule has 21 heavy (non-hydrogen) atoms. The first-order valence-electron chi connectivity index (χ1n) is 6.88. The summed E-state index contributed by atoms with van der Waals surface area (Å²) in [5.41, 5.74) is 6.27. The second-order valence-corrected chi connectivity index (χ2v) is 4.86. The molecule has 2 rings (SSSR count). The Bertz CT molecular complexity index is 503. The molecule has 0 saturated carbocycles. The molecule has 1 aliphatic rings. The Morgan fingerprint density at radius 2 is 1.81 bits per heavy atom. The average molecular weight is 292 g/mol. The van der Waals surface area contributed by atoms with Crippen LogP contribution < -0.4 is 21.7 Å². The molecular formula is C14H20N4O3. The van der Waals surface area contributed by atoms with E-state index in [9.17, 15) is 9.59 Å². The van der Waals surface area contributed by atoms with Crippen molar-refractivity contribution in [2.24, 2.45) is 11.7 Å². The van der Waals surface area contributed by atoms with Gasteiger partial charge < -0.3 is 26.4 Å². The minimum Gasteiger partial charge on any atom is -0.379 e. The van der Waals surface area contributed by atoms with E-state index < -0.39 is 6.03 Å². The van der Waals surface area contributed by atoms with Gasteiger partial charge in [0.15, 0.2) is 0 Å². The van der Waals surface area contributed by atoms with Crippen LogP contribution in [0.25, 0.3) is 0 Å². The summed E-state index contributed by atoms with van der Waals surface area (Å²) in [4.78, 5) is 23.0. The molecule has 2 unspecified atom stereocenters. The van der Waals surface area contributed by atoms with Gasteiger partial charge in [0.2, 0.25) is 5.91 Å². The highest BCUT2D eigenvalue weighted by molar-refractivity contribution is 5.94. The highest BCUT2D eigenvalue weighted by Gasteiger charge is 2.33. The average Bonchev–Trinajstić information content (AvgIpc) is 2.89. The van der Waals surface area contributed by atoms with Gasteiger partial charge in [-0.2, -0.15) is 0 Å². The largest absolute Gasteiger partial charge is 0.379 e. The van der Waals surface area contributed by atoms with Crippen LogP contribution in [0, 0.1) is 5.92 Å². The molecule has 1 fully saturated rings. The molecular weight excluding hydrogens is 272 g/mol. The topological polar surface area (TPSA) is 105 Å². The zero-order valence-corrected chi connectivity index (χ0v) is 11.9. The monoisotopic (exact) mass is 292 g/mol. The van der Waals surface area contributed by atoms with Crippen LogP contribution in [0.5, 0.6) is 0 Å². The van der Waals surface area contributed by atoms with E-state index in [4.69, 9.17) is 10.5 Å². The zero-order valence-electron chi connectivity index (χ0n) is 11.9. The third kappa shape index (κ3) is 4.17. The number of amides is 3. The molecule has 1 heterocycles. The van der Waals surface area contributed by atoms with E-state index in [0.717, 1.165) is 6.54 Å². The molecule has 114 valence electrons.